The van der Waals surface area contributed by atoms with Crippen molar-refractivity contribution in [1.82, 2.24) is 4.90 Å². The number of hydrogen-bond donors (Lipinski definition) is 2. The lowest BCUT2D eigenvalue weighted by Gasteiger charge is -2.42. The highest BCUT2D eigenvalue weighted by Crippen LogP contribution is 2.50. The van der Waals surface area contributed by atoms with Crippen LogP contribution < -0.4 is 4.74 Å². The number of imide groups is 1. The molecule has 5 rings (SSSR count). The molecule has 0 spiro atoms. The second-order valence-electron chi connectivity index (χ2n) is 10.4. The standard InChI is InChI=1S/C28H31BINO6S/c1-15(9-17-11-21(30)26(32)23(12-17)36-3)6-7-22-24-16(2)10-19-25(20(24)13-29(35)37-22)28(34)31(27(19)33)14-18-5-4-8-38-18/h4-5,8-9,11-12,19-20,22,25,32,35H,6-7,10,13-14H2,1-3H3/b15-9+/t19-,20+,22-,25-/m1/s1. The Morgan fingerprint density at radius 2 is 2.11 bits per heavy atom. The summed E-state index contributed by atoms with van der Waals surface area (Å²) in [5.41, 5.74) is 4.24. The van der Waals surface area contributed by atoms with Gasteiger partial charge in [0.2, 0.25) is 11.8 Å². The van der Waals surface area contributed by atoms with E-state index in [0.29, 0.717) is 35.0 Å². The molecule has 1 aromatic carbocycles. The fraction of sp³-hybridized carbons (Fsp3) is 0.429. The summed E-state index contributed by atoms with van der Waals surface area (Å²) in [6.07, 6.45) is 4.02. The van der Waals surface area contributed by atoms with Crippen LogP contribution in [-0.4, -0.2) is 47.2 Å². The smallest absolute Gasteiger partial charge is 0.455 e. The lowest BCUT2D eigenvalue weighted by molar-refractivity contribution is -0.140. The third-order valence-corrected chi connectivity index (χ3v) is 9.61. The molecule has 0 bridgehead atoms. The molecule has 2 N–H and O–H groups in total. The number of likely N-dealkylation sites (tertiary alicyclic amines) is 1. The quantitative estimate of drug-likeness (QED) is 0.184. The number of methoxy groups -OCH3 is 1. The Kier molecular flexibility index (Phi) is 8.05. The first-order chi connectivity index (χ1) is 18.2. The molecule has 2 aliphatic heterocycles. The van der Waals surface area contributed by atoms with Crippen molar-refractivity contribution in [2.24, 2.45) is 17.8 Å². The first-order valence-corrected chi connectivity index (χ1v) is 14.8. The average Bonchev–Trinajstić information content (AvgIpc) is 3.47. The zero-order chi connectivity index (χ0) is 27.1. The maximum atomic E-state index is 13.6. The van der Waals surface area contributed by atoms with E-state index in [1.165, 1.54) is 12.0 Å². The van der Waals surface area contributed by atoms with Crippen molar-refractivity contribution in [3.8, 4) is 11.5 Å². The minimum Gasteiger partial charge on any atom is -0.504 e. The topological polar surface area (TPSA) is 96.3 Å². The van der Waals surface area contributed by atoms with Crippen LogP contribution in [0.25, 0.3) is 6.08 Å². The highest BCUT2D eigenvalue weighted by molar-refractivity contribution is 14.1. The van der Waals surface area contributed by atoms with E-state index in [-0.39, 0.29) is 35.5 Å². The normalized spacial score (nSPS) is 25.7. The van der Waals surface area contributed by atoms with E-state index in [0.717, 1.165) is 33.6 Å². The van der Waals surface area contributed by atoms with E-state index in [1.807, 2.05) is 37.4 Å². The van der Waals surface area contributed by atoms with Gasteiger partial charge in [0.15, 0.2) is 11.5 Å². The number of carbonyl (C=O) groups excluding carboxylic acids is 2. The SMILES string of the molecule is COc1cc(/C=C(\C)CC[C@H]2OB(O)C[C@H]3C2=C(C)C[C@H]2C(=O)N(Cc4cccs4)C(=O)[C@H]23)cc(I)c1O. The second kappa shape index (κ2) is 11.2. The summed E-state index contributed by atoms with van der Waals surface area (Å²) in [6.45, 7) is 4.40. The molecule has 4 atom stereocenters. The predicted molar refractivity (Wildman–Crippen MR) is 156 cm³/mol. The lowest BCUT2D eigenvalue weighted by Crippen LogP contribution is -2.46. The number of phenols is 1. The van der Waals surface area contributed by atoms with E-state index < -0.39 is 13.0 Å². The summed E-state index contributed by atoms with van der Waals surface area (Å²) in [6, 6.07) is 7.58. The van der Waals surface area contributed by atoms with Crippen LogP contribution in [0.1, 0.15) is 43.6 Å². The van der Waals surface area contributed by atoms with Gasteiger partial charge in [-0.1, -0.05) is 23.3 Å². The van der Waals surface area contributed by atoms with Crippen molar-refractivity contribution in [1.29, 1.82) is 0 Å². The first-order valence-electron chi connectivity index (χ1n) is 12.8. The Morgan fingerprint density at radius 3 is 2.82 bits per heavy atom. The van der Waals surface area contributed by atoms with Gasteiger partial charge in [0.05, 0.1) is 35.2 Å². The summed E-state index contributed by atoms with van der Waals surface area (Å²) in [7, 11) is 0.560. The molecule has 2 saturated heterocycles. The van der Waals surface area contributed by atoms with Crippen LogP contribution in [0.3, 0.4) is 0 Å². The number of aromatic hydroxyl groups is 1. The van der Waals surface area contributed by atoms with Gasteiger partial charge in [-0.2, -0.15) is 0 Å². The number of halogens is 1. The first kappa shape index (κ1) is 27.4. The molecule has 3 heterocycles. The molecule has 7 nitrogen and oxygen atoms in total. The van der Waals surface area contributed by atoms with Gasteiger partial charge in [-0.05, 0) is 103 Å². The molecule has 2 aromatic rings. The predicted octanol–water partition coefficient (Wildman–Crippen LogP) is 5.27. The molecule has 1 aliphatic carbocycles. The Labute approximate surface area is 240 Å². The molecule has 3 aliphatic rings. The zero-order valence-electron chi connectivity index (χ0n) is 21.6. The van der Waals surface area contributed by atoms with E-state index >= 15 is 0 Å². The van der Waals surface area contributed by atoms with Gasteiger partial charge in [-0.25, -0.2) is 0 Å². The molecule has 0 radical (unpaired) electrons. The van der Waals surface area contributed by atoms with E-state index in [9.17, 15) is 19.7 Å². The van der Waals surface area contributed by atoms with Gasteiger partial charge in [-0.15, -0.1) is 11.3 Å². The highest BCUT2D eigenvalue weighted by Gasteiger charge is 2.56. The molecule has 2 fully saturated rings. The number of fused-ring (bicyclic) bond motifs is 3. The van der Waals surface area contributed by atoms with Gasteiger partial charge in [-0.3, -0.25) is 14.5 Å². The van der Waals surface area contributed by atoms with Gasteiger partial charge >= 0.3 is 7.12 Å². The Morgan fingerprint density at radius 1 is 1.32 bits per heavy atom. The average molecular weight is 647 g/mol. The molecule has 0 unspecified atom stereocenters. The second-order valence-corrected chi connectivity index (χ2v) is 12.6. The van der Waals surface area contributed by atoms with E-state index in [4.69, 9.17) is 9.39 Å². The molecule has 1 aromatic heterocycles. The van der Waals surface area contributed by atoms with Crippen LogP contribution >= 0.6 is 33.9 Å². The number of thiophene rings is 1. The summed E-state index contributed by atoms with van der Waals surface area (Å²) in [4.78, 5) is 29.3. The molecule has 0 saturated carbocycles. The number of carbonyl (C=O) groups is 2. The third kappa shape index (κ3) is 5.20. The summed E-state index contributed by atoms with van der Waals surface area (Å²) in [5, 5.41) is 22.7. The summed E-state index contributed by atoms with van der Waals surface area (Å²) < 4.78 is 12.0. The summed E-state index contributed by atoms with van der Waals surface area (Å²) >= 11 is 3.62. The van der Waals surface area contributed by atoms with Crippen molar-refractivity contribution >= 4 is 58.9 Å². The molecule has 2 amide bonds. The van der Waals surface area contributed by atoms with Crippen LogP contribution in [0.5, 0.6) is 11.5 Å². The van der Waals surface area contributed by atoms with Gasteiger partial charge in [0.1, 0.15) is 0 Å². The maximum absolute atomic E-state index is 13.6. The van der Waals surface area contributed by atoms with E-state index in [1.54, 1.807) is 17.4 Å². The highest BCUT2D eigenvalue weighted by atomic mass is 127. The fourth-order valence-corrected chi connectivity index (χ4v) is 7.57. The number of hydrogen-bond acceptors (Lipinski definition) is 7. The number of ether oxygens (including phenoxy) is 1. The Bertz CT molecular complexity index is 1310. The van der Waals surface area contributed by atoms with Gasteiger partial charge < -0.3 is 19.5 Å². The Hall–Kier alpha value is -2.15. The van der Waals surface area contributed by atoms with E-state index in [2.05, 4.69) is 28.7 Å². The number of nitrogens with zero attached hydrogens (tertiary/aromatic N) is 1. The monoisotopic (exact) mass is 647 g/mol. The number of phenolic OH excluding ortho intramolecular Hbond substituents is 1. The maximum Gasteiger partial charge on any atom is 0.455 e. The van der Waals surface area contributed by atoms with Crippen molar-refractivity contribution < 1.29 is 29.1 Å². The van der Waals surface area contributed by atoms with Crippen molar-refractivity contribution in [3.05, 3.63) is 60.4 Å². The van der Waals surface area contributed by atoms with Crippen LogP contribution in [-0.2, 0) is 20.8 Å². The minimum atomic E-state index is -0.971. The Balaban J connectivity index is 1.34. The number of allylic oxidation sites excluding steroid dienone is 2. The van der Waals surface area contributed by atoms with Gasteiger partial charge in [0.25, 0.3) is 0 Å². The minimum absolute atomic E-state index is 0.0953. The summed E-state index contributed by atoms with van der Waals surface area (Å²) in [5.74, 6) is -0.657. The number of rotatable bonds is 7. The lowest BCUT2D eigenvalue weighted by atomic mass is 9.59. The van der Waals surface area contributed by atoms with Crippen LogP contribution in [0.2, 0.25) is 6.32 Å². The van der Waals surface area contributed by atoms with Crippen molar-refractivity contribution in [2.45, 2.75) is 52.1 Å². The van der Waals surface area contributed by atoms with Crippen molar-refractivity contribution in [2.75, 3.05) is 7.11 Å². The molecule has 200 valence electrons. The van der Waals surface area contributed by atoms with Crippen molar-refractivity contribution in [3.63, 3.8) is 0 Å². The molecular weight excluding hydrogens is 616 g/mol. The van der Waals surface area contributed by atoms with Crippen LogP contribution in [0.15, 0.2) is 46.4 Å². The van der Waals surface area contributed by atoms with Crippen LogP contribution in [0, 0.1) is 21.3 Å². The van der Waals surface area contributed by atoms with Gasteiger partial charge in [0, 0.05) is 4.88 Å². The third-order valence-electron chi connectivity index (χ3n) is 7.92. The molecule has 38 heavy (non-hydrogen) atoms. The van der Waals surface area contributed by atoms with Crippen LogP contribution in [0.4, 0.5) is 0 Å². The number of benzene rings is 1. The number of amides is 2. The fourth-order valence-electron chi connectivity index (χ4n) is 6.25. The largest absolute Gasteiger partial charge is 0.504 e. The zero-order valence-corrected chi connectivity index (χ0v) is 24.6. The molecular formula is C28H31BINO6S. The molecule has 10 heteroatoms.